The Labute approximate surface area is 126 Å². The quantitative estimate of drug-likeness (QED) is 0.706. The van der Waals surface area contributed by atoms with Crippen LogP contribution < -0.4 is 4.74 Å². The molecular formula is C18H21ClO. The second kappa shape index (κ2) is 6.32. The summed E-state index contributed by atoms with van der Waals surface area (Å²) in [5, 5.41) is 0.777. The highest BCUT2D eigenvalue weighted by Gasteiger charge is 2.16. The lowest BCUT2D eigenvalue weighted by Gasteiger charge is -2.24. The molecule has 2 heteroatoms. The Morgan fingerprint density at radius 1 is 0.900 bits per heavy atom. The predicted molar refractivity (Wildman–Crippen MR) is 85.7 cm³/mol. The van der Waals surface area contributed by atoms with Crippen LogP contribution in [0.2, 0.25) is 5.02 Å². The van der Waals surface area contributed by atoms with Crippen molar-refractivity contribution in [3.05, 3.63) is 64.7 Å². The van der Waals surface area contributed by atoms with Crippen LogP contribution in [0.1, 0.15) is 38.3 Å². The molecule has 0 aliphatic heterocycles. The Morgan fingerprint density at radius 2 is 1.40 bits per heavy atom. The molecule has 0 heterocycles. The molecule has 0 saturated carbocycles. The first-order chi connectivity index (χ1) is 9.48. The van der Waals surface area contributed by atoms with Crippen molar-refractivity contribution in [2.75, 3.05) is 0 Å². The van der Waals surface area contributed by atoms with Crippen LogP contribution in [-0.4, -0.2) is 5.60 Å². The first-order valence-corrected chi connectivity index (χ1v) is 7.39. The zero-order valence-corrected chi connectivity index (χ0v) is 13.1. The van der Waals surface area contributed by atoms with Gasteiger partial charge in [-0.3, -0.25) is 0 Å². The molecule has 20 heavy (non-hydrogen) atoms. The summed E-state index contributed by atoms with van der Waals surface area (Å²) < 4.78 is 5.95. The highest BCUT2D eigenvalue weighted by Crippen LogP contribution is 2.22. The van der Waals surface area contributed by atoms with E-state index in [4.69, 9.17) is 16.3 Å². The lowest BCUT2D eigenvalue weighted by molar-refractivity contribution is 0.105. The zero-order chi connectivity index (χ0) is 14.6. The van der Waals surface area contributed by atoms with Gasteiger partial charge in [-0.25, -0.2) is 0 Å². The molecule has 0 N–H and O–H groups in total. The monoisotopic (exact) mass is 288 g/mol. The average Bonchev–Trinajstić information content (AvgIpc) is 2.43. The van der Waals surface area contributed by atoms with E-state index in [1.807, 2.05) is 24.3 Å². The van der Waals surface area contributed by atoms with Crippen molar-refractivity contribution < 1.29 is 4.74 Å². The topological polar surface area (TPSA) is 9.23 Å². The van der Waals surface area contributed by atoms with E-state index in [-0.39, 0.29) is 5.60 Å². The predicted octanol–water partition coefficient (Wildman–Crippen LogP) is 5.50. The van der Waals surface area contributed by atoms with Gasteiger partial charge in [-0.15, -0.1) is 0 Å². The maximum Gasteiger partial charge on any atom is 0.120 e. The molecule has 2 rings (SSSR count). The summed E-state index contributed by atoms with van der Waals surface area (Å²) in [7, 11) is 0. The van der Waals surface area contributed by atoms with Gasteiger partial charge in [0.15, 0.2) is 0 Å². The molecule has 0 amide bonds. The Hall–Kier alpha value is -1.47. The number of ether oxygens (including phenoxy) is 1. The SMILES string of the molecule is CCC(C)(C)Oc1ccc(Cc2ccc(Cl)cc2)cc1. The molecule has 0 aliphatic carbocycles. The smallest absolute Gasteiger partial charge is 0.120 e. The van der Waals surface area contributed by atoms with Gasteiger partial charge in [0.2, 0.25) is 0 Å². The van der Waals surface area contributed by atoms with Crippen LogP contribution in [0.5, 0.6) is 5.75 Å². The Kier molecular flexibility index (Phi) is 4.72. The van der Waals surface area contributed by atoms with Crippen molar-refractivity contribution in [2.24, 2.45) is 0 Å². The fraction of sp³-hybridized carbons (Fsp3) is 0.333. The number of halogens is 1. The van der Waals surface area contributed by atoms with E-state index in [2.05, 4.69) is 45.0 Å². The summed E-state index contributed by atoms with van der Waals surface area (Å²) >= 11 is 5.89. The first-order valence-electron chi connectivity index (χ1n) is 7.01. The molecule has 0 aliphatic rings. The minimum atomic E-state index is -0.113. The van der Waals surface area contributed by atoms with Gasteiger partial charge < -0.3 is 4.74 Å². The van der Waals surface area contributed by atoms with Crippen LogP contribution in [0.3, 0.4) is 0 Å². The molecule has 0 unspecified atom stereocenters. The lowest BCUT2D eigenvalue weighted by Crippen LogP contribution is -2.26. The van der Waals surface area contributed by atoms with Gasteiger partial charge in [-0.1, -0.05) is 42.8 Å². The van der Waals surface area contributed by atoms with E-state index in [1.165, 1.54) is 11.1 Å². The van der Waals surface area contributed by atoms with Crippen molar-refractivity contribution in [1.82, 2.24) is 0 Å². The van der Waals surface area contributed by atoms with Gasteiger partial charge in [0.05, 0.1) is 0 Å². The molecule has 0 atom stereocenters. The van der Waals surface area contributed by atoms with Crippen LogP contribution in [-0.2, 0) is 6.42 Å². The molecule has 0 bridgehead atoms. The van der Waals surface area contributed by atoms with Crippen molar-refractivity contribution >= 4 is 11.6 Å². The van der Waals surface area contributed by atoms with Gasteiger partial charge in [0.25, 0.3) is 0 Å². The van der Waals surface area contributed by atoms with E-state index in [0.717, 1.165) is 23.6 Å². The summed E-state index contributed by atoms with van der Waals surface area (Å²) in [6.45, 7) is 6.35. The molecule has 0 spiro atoms. The lowest BCUT2D eigenvalue weighted by atomic mass is 10.0. The average molecular weight is 289 g/mol. The number of hydrogen-bond acceptors (Lipinski definition) is 1. The number of benzene rings is 2. The minimum absolute atomic E-state index is 0.113. The standard InChI is InChI=1S/C18H21ClO/c1-4-18(2,3)20-17-11-7-15(8-12-17)13-14-5-9-16(19)10-6-14/h5-12H,4,13H2,1-3H3. The van der Waals surface area contributed by atoms with Gasteiger partial charge in [-0.2, -0.15) is 0 Å². The molecular weight excluding hydrogens is 268 g/mol. The van der Waals surface area contributed by atoms with Crippen LogP contribution in [0, 0.1) is 0 Å². The van der Waals surface area contributed by atoms with Gasteiger partial charge in [0.1, 0.15) is 11.4 Å². The second-order valence-corrected chi connectivity index (χ2v) is 6.10. The van der Waals surface area contributed by atoms with Crippen LogP contribution in [0.25, 0.3) is 0 Å². The summed E-state index contributed by atoms with van der Waals surface area (Å²) in [6, 6.07) is 16.3. The maximum absolute atomic E-state index is 5.95. The van der Waals surface area contributed by atoms with E-state index >= 15 is 0 Å². The van der Waals surface area contributed by atoms with E-state index in [0.29, 0.717) is 0 Å². The highest BCUT2D eigenvalue weighted by molar-refractivity contribution is 6.30. The normalized spacial score (nSPS) is 11.4. The molecule has 2 aromatic rings. The van der Waals surface area contributed by atoms with Crippen molar-refractivity contribution in [2.45, 2.75) is 39.2 Å². The molecule has 0 fully saturated rings. The molecule has 0 saturated heterocycles. The summed E-state index contributed by atoms with van der Waals surface area (Å²) in [6.07, 6.45) is 1.90. The summed E-state index contributed by atoms with van der Waals surface area (Å²) in [4.78, 5) is 0. The molecule has 106 valence electrons. The Morgan fingerprint density at radius 3 is 1.90 bits per heavy atom. The van der Waals surface area contributed by atoms with Gasteiger partial charge >= 0.3 is 0 Å². The van der Waals surface area contributed by atoms with E-state index in [9.17, 15) is 0 Å². The minimum Gasteiger partial charge on any atom is -0.488 e. The third kappa shape index (κ3) is 4.28. The third-order valence-corrected chi connectivity index (χ3v) is 3.74. The van der Waals surface area contributed by atoms with Crippen molar-refractivity contribution in [1.29, 1.82) is 0 Å². The number of hydrogen-bond donors (Lipinski definition) is 0. The number of rotatable bonds is 5. The Bertz CT molecular complexity index is 541. The fourth-order valence-electron chi connectivity index (χ4n) is 1.90. The van der Waals surface area contributed by atoms with Crippen LogP contribution in [0.4, 0.5) is 0 Å². The van der Waals surface area contributed by atoms with Gasteiger partial charge in [-0.05, 0) is 62.1 Å². The van der Waals surface area contributed by atoms with Crippen LogP contribution >= 0.6 is 11.6 Å². The molecule has 1 nitrogen and oxygen atoms in total. The third-order valence-electron chi connectivity index (χ3n) is 3.49. The van der Waals surface area contributed by atoms with Crippen molar-refractivity contribution in [3.8, 4) is 5.75 Å². The zero-order valence-electron chi connectivity index (χ0n) is 12.3. The van der Waals surface area contributed by atoms with E-state index in [1.54, 1.807) is 0 Å². The van der Waals surface area contributed by atoms with E-state index < -0.39 is 0 Å². The second-order valence-electron chi connectivity index (χ2n) is 5.66. The largest absolute Gasteiger partial charge is 0.488 e. The van der Waals surface area contributed by atoms with Crippen molar-refractivity contribution in [3.63, 3.8) is 0 Å². The Balaban J connectivity index is 2.03. The molecule has 0 aromatic heterocycles. The highest BCUT2D eigenvalue weighted by atomic mass is 35.5. The summed E-state index contributed by atoms with van der Waals surface area (Å²) in [5.74, 6) is 0.928. The fourth-order valence-corrected chi connectivity index (χ4v) is 2.03. The summed E-state index contributed by atoms with van der Waals surface area (Å²) in [5.41, 5.74) is 2.42. The maximum atomic E-state index is 5.95. The molecule has 0 radical (unpaired) electrons. The van der Waals surface area contributed by atoms with Crippen LogP contribution in [0.15, 0.2) is 48.5 Å². The molecule has 2 aromatic carbocycles. The first kappa shape index (κ1) is 14.9. The van der Waals surface area contributed by atoms with Gasteiger partial charge in [0, 0.05) is 5.02 Å².